The molecule has 0 saturated heterocycles. The van der Waals surface area contributed by atoms with Crippen LogP contribution in [0.3, 0.4) is 0 Å². The molecule has 5 heteroatoms. The van der Waals surface area contributed by atoms with E-state index in [1.807, 2.05) is 6.92 Å². The molecule has 5 nitrogen and oxygen atoms in total. The maximum atomic E-state index is 12.1. The Morgan fingerprint density at radius 3 is 2.41 bits per heavy atom. The summed E-state index contributed by atoms with van der Waals surface area (Å²) < 4.78 is 0. The van der Waals surface area contributed by atoms with Gasteiger partial charge < -0.3 is 10.0 Å². The van der Waals surface area contributed by atoms with E-state index in [1.165, 1.54) is 32.0 Å². The summed E-state index contributed by atoms with van der Waals surface area (Å²) in [5, 5.41) is 9.05. The van der Waals surface area contributed by atoms with Gasteiger partial charge in [0, 0.05) is 19.4 Å². The van der Waals surface area contributed by atoms with Crippen molar-refractivity contribution in [1.29, 1.82) is 0 Å². The molecule has 1 rings (SSSR count). The van der Waals surface area contributed by atoms with Crippen LogP contribution in [0.2, 0.25) is 0 Å². The van der Waals surface area contributed by atoms with Gasteiger partial charge in [0.25, 0.3) is 5.91 Å². The van der Waals surface area contributed by atoms with Crippen LogP contribution in [-0.4, -0.2) is 39.5 Å². The topological polar surface area (TPSA) is 70.5 Å². The monoisotopic (exact) mass is 236 g/mol. The molecule has 1 aromatic heterocycles. The van der Waals surface area contributed by atoms with E-state index >= 15 is 0 Å². The molecule has 1 amide bonds. The Morgan fingerprint density at radius 1 is 1.35 bits per heavy atom. The molecule has 0 bridgehead atoms. The van der Waals surface area contributed by atoms with Crippen LogP contribution in [0.5, 0.6) is 0 Å². The van der Waals surface area contributed by atoms with Crippen LogP contribution >= 0.6 is 0 Å². The fraction of sp³-hybridized carbons (Fsp3) is 0.417. The minimum absolute atomic E-state index is 0.353. The standard InChI is InChI=1S/C12H16N2O3/c1-8-5-9(7-13-6-8)10(15)14(4)12(2,3)11(16)17/h5-7H,1-4H3,(H,16,17). The first kappa shape index (κ1) is 13.2. The van der Waals surface area contributed by atoms with E-state index in [4.69, 9.17) is 5.11 Å². The van der Waals surface area contributed by atoms with E-state index in [0.29, 0.717) is 5.56 Å². The number of aliphatic carboxylic acids is 1. The maximum Gasteiger partial charge on any atom is 0.329 e. The van der Waals surface area contributed by atoms with Crippen LogP contribution in [0.4, 0.5) is 0 Å². The van der Waals surface area contributed by atoms with Crippen molar-refractivity contribution in [1.82, 2.24) is 9.88 Å². The highest BCUT2D eigenvalue weighted by molar-refractivity contribution is 5.97. The van der Waals surface area contributed by atoms with Gasteiger partial charge in [-0.05, 0) is 32.4 Å². The number of nitrogens with zero attached hydrogens (tertiary/aromatic N) is 2. The molecule has 1 aromatic rings. The van der Waals surface area contributed by atoms with E-state index in [1.54, 1.807) is 12.3 Å². The summed E-state index contributed by atoms with van der Waals surface area (Å²) in [6.07, 6.45) is 3.07. The highest BCUT2D eigenvalue weighted by Crippen LogP contribution is 2.16. The predicted octanol–water partition coefficient (Wildman–Crippen LogP) is 1.33. The number of hydrogen-bond acceptors (Lipinski definition) is 3. The highest BCUT2D eigenvalue weighted by atomic mass is 16.4. The predicted molar refractivity (Wildman–Crippen MR) is 62.8 cm³/mol. The maximum absolute atomic E-state index is 12.1. The number of pyridine rings is 1. The molecule has 0 aliphatic carbocycles. The normalized spacial score (nSPS) is 11.1. The van der Waals surface area contributed by atoms with E-state index in [0.717, 1.165) is 5.56 Å². The third kappa shape index (κ3) is 2.61. The lowest BCUT2D eigenvalue weighted by atomic mass is 10.0. The van der Waals surface area contributed by atoms with Crippen molar-refractivity contribution < 1.29 is 14.7 Å². The van der Waals surface area contributed by atoms with Crippen molar-refractivity contribution in [2.24, 2.45) is 0 Å². The Balaban J connectivity index is 3.02. The second-order valence-corrected chi connectivity index (χ2v) is 4.48. The van der Waals surface area contributed by atoms with Gasteiger partial charge >= 0.3 is 5.97 Å². The van der Waals surface area contributed by atoms with Gasteiger partial charge in [-0.15, -0.1) is 0 Å². The third-order valence-corrected chi connectivity index (χ3v) is 2.79. The fourth-order valence-electron chi connectivity index (χ4n) is 1.26. The number of hydrogen-bond donors (Lipinski definition) is 1. The van der Waals surface area contributed by atoms with Crippen LogP contribution < -0.4 is 0 Å². The molecule has 0 aromatic carbocycles. The molecule has 0 spiro atoms. The van der Waals surface area contributed by atoms with Gasteiger partial charge in [0.1, 0.15) is 5.54 Å². The van der Waals surface area contributed by atoms with Crippen LogP contribution in [0.15, 0.2) is 18.5 Å². The lowest BCUT2D eigenvalue weighted by molar-refractivity contribution is -0.147. The zero-order valence-electron chi connectivity index (χ0n) is 10.4. The van der Waals surface area contributed by atoms with Crippen molar-refractivity contribution in [3.05, 3.63) is 29.6 Å². The average molecular weight is 236 g/mol. The summed E-state index contributed by atoms with van der Waals surface area (Å²) in [7, 11) is 1.47. The first-order chi connectivity index (χ1) is 7.76. The van der Waals surface area contributed by atoms with E-state index < -0.39 is 11.5 Å². The number of carboxylic acid groups (broad SMARTS) is 1. The Labute approximate surface area is 100 Å². The largest absolute Gasteiger partial charge is 0.480 e. The second kappa shape index (κ2) is 4.53. The van der Waals surface area contributed by atoms with Crippen molar-refractivity contribution in [3.63, 3.8) is 0 Å². The molecule has 92 valence electrons. The Bertz CT molecular complexity index is 455. The number of likely N-dealkylation sites (N-methyl/N-ethyl adjacent to an activating group) is 1. The van der Waals surface area contributed by atoms with E-state index in [2.05, 4.69) is 4.98 Å². The number of amides is 1. The number of aryl methyl sites for hydroxylation is 1. The SMILES string of the molecule is Cc1cncc(C(=O)N(C)C(C)(C)C(=O)O)c1. The minimum atomic E-state index is -1.25. The van der Waals surface area contributed by atoms with Gasteiger partial charge in [0.2, 0.25) is 0 Å². The highest BCUT2D eigenvalue weighted by Gasteiger charge is 2.35. The molecule has 0 radical (unpaired) electrons. The summed E-state index contributed by atoms with van der Waals surface area (Å²) in [5.74, 6) is -1.40. The van der Waals surface area contributed by atoms with Gasteiger partial charge in [-0.25, -0.2) is 4.79 Å². The molecule has 0 aliphatic rings. The number of rotatable bonds is 3. The smallest absolute Gasteiger partial charge is 0.329 e. The quantitative estimate of drug-likeness (QED) is 0.859. The summed E-state index contributed by atoms with van der Waals surface area (Å²) in [6.45, 7) is 4.79. The van der Waals surface area contributed by atoms with Gasteiger partial charge in [-0.1, -0.05) is 0 Å². The van der Waals surface area contributed by atoms with Crippen molar-refractivity contribution >= 4 is 11.9 Å². The molecule has 0 unspecified atom stereocenters. The molecular formula is C12H16N2O3. The molecule has 0 saturated carbocycles. The van der Waals surface area contributed by atoms with Crippen molar-refractivity contribution in [2.75, 3.05) is 7.05 Å². The first-order valence-electron chi connectivity index (χ1n) is 5.20. The summed E-state index contributed by atoms with van der Waals surface area (Å²) in [6, 6.07) is 1.68. The zero-order valence-corrected chi connectivity index (χ0v) is 10.4. The number of carboxylic acids is 1. The van der Waals surface area contributed by atoms with Crippen molar-refractivity contribution in [3.8, 4) is 0 Å². The Hall–Kier alpha value is -1.91. The Morgan fingerprint density at radius 2 is 1.94 bits per heavy atom. The lowest BCUT2D eigenvalue weighted by Crippen LogP contribution is -2.50. The van der Waals surface area contributed by atoms with Crippen LogP contribution in [0.25, 0.3) is 0 Å². The van der Waals surface area contributed by atoms with Crippen LogP contribution in [0, 0.1) is 6.92 Å². The molecular weight excluding hydrogens is 220 g/mol. The van der Waals surface area contributed by atoms with E-state index in [9.17, 15) is 9.59 Å². The fourth-order valence-corrected chi connectivity index (χ4v) is 1.26. The summed E-state index contributed by atoms with van der Waals surface area (Å²) >= 11 is 0. The van der Waals surface area contributed by atoms with Crippen molar-refractivity contribution in [2.45, 2.75) is 26.3 Å². The van der Waals surface area contributed by atoms with Gasteiger partial charge in [0.15, 0.2) is 0 Å². The zero-order chi connectivity index (χ0) is 13.2. The lowest BCUT2D eigenvalue weighted by Gasteiger charge is -2.31. The molecule has 0 fully saturated rings. The van der Waals surface area contributed by atoms with E-state index in [-0.39, 0.29) is 5.91 Å². The van der Waals surface area contributed by atoms with Gasteiger partial charge in [0.05, 0.1) is 5.56 Å². The molecule has 17 heavy (non-hydrogen) atoms. The number of aromatic nitrogens is 1. The molecule has 1 N–H and O–H groups in total. The second-order valence-electron chi connectivity index (χ2n) is 4.48. The number of carbonyl (C=O) groups is 2. The Kier molecular flexibility index (Phi) is 3.50. The molecule has 1 heterocycles. The van der Waals surface area contributed by atoms with Gasteiger partial charge in [-0.3, -0.25) is 9.78 Å². The molecule has 0 aliphatic heterocycles. The average Bonchev–Trinajstić information content (AvgIpc) is 2.26. The van der Waals surface area contributed by atoms with Crippen LogP contribution in [0.1, 0.15) is 29.8 Å². The summed E-state index contributed by atoms with van der Waals surface area (Å²) in [5.41, 5.74) is 0.0000879. The minimum Gasteiger partial charge on any atom is -0.480 e. The third-order valence-electron chi connectivity index (χ3n) is 2.79. The first-order valence-corrected chi connectivity index (χ1v) is 5.20. The van der Waals surface area contributed by atoms with Gasteiger partial charge in [-0.2, -0.15) is 0 Å². The van der Waals surface area contributed by atoms with Crippen LogP contribution in [-0.2, 0) is 4.79 Å². The summed E-state index contributed by atoms with van der Waals surface area (Å²) in [4.78, 5) is 28.2. The molecule has 0 atom stereocenters. The number of carbonyl (C=O) groups excluding carboxylic acids is 1.